The molecule has 2 heterocycles. The molecule has 8 heteroatoms. The molecule has 174 valence electrons. The van der Waals surface area contributed by atoms with Crippen LogP contribution in [-0.2, 0) is 10.7 Å². The minimum absolute atomic E-state index is 0. The van der Waals surface area contributed by atoms with Crippen LogP contribution in [0.5, 0.6) is 0 Å². The molecule has 4 rings (SSSR count). The van der Waals surface area contributed by atoms with Crippen LogP contribution in [-0.4, -0.2) is 20.8 Å². The van der Waals surface area contributed by atoms with Gasteiger partial charge in [-0.2, -0.15) is 0 Å². The monoisotopic (exact) mass is 463 g/mol. The Bertz CT molecular complexity index is 1080. The topological polar surface area (TPSA) is 64.0 Å². The Balaban J connectivity index is 0.00000306. The zero-order valence-electron chi connectivity index (χ0n) is 18.4. The van der Waals surface area contributed by atoms with Gasteiger partial charge in [-0.15, -0.1) is 11.8 Å². The van der Waals surface area contributed by atoms with Crippen LogP contribution in [0.2, 0.25) is 0 Å². The number of halogens is 2. The van der Waals surface area contributed by atoms with Gasteiger partial charge < -0.3 is 5.32 Å². The van der Waals surface area contributed by atoms with Gasteiger partial charge in [-0.3, -0.25) is 14.2 Å². The highest BCUT2D eigenvalue weighted by Gasteiger charge is 2.31. The standard InChI is InChI=1S/C24H29F2N3O2S.H2/c1-15-10-11-32-22(15)28-21(30)20(12-16-6-4-3-5-7-16)29-14-27-19-13-17(24(2,25)26)8-9-18(19)23(29)31;/h8-11,13-16,20,22H,3-7,12H2,1-2H3,(H,28,30);1H. The van der Waals surface area contributed by atoms with Crippen LogP contribution >= 0.6 is 11.8 Å². The van der Waals surface area contributed by atoms with E-state index in [9.17, 15) is 18.4 Å². The maximum Gasteiger partial charge on any atom is 0.270 e. The van der Waals surface area contributed by atoms with Gasteiger partial charge in [-0.1, -0.05) is 51.2 Å². The molecule has 0 radical (unpaired) electrons. The van der Waals surface area contributed by atoms with Crippen molar-refractivity contribution in [3.8, 4) is 0 Å². The number of thioether (sulfide) groups is 1. The summed E-state index contributed by atoms with van der Waals surface area (Å²) in [5, 5.41) is 5.26. The first-order valence-corrected chi connectivity index (χ1v) is 12.2. The number of carbonyl (C=O) groups is 1. The molecule has 1 amide bonds. The van der Waals surface area contributed by atoms with Gasteiger partial charge in [0.25, 0.3) is 11.5 Å². The minimum atomic E-state index is -3.02. The van der Waals surface area contributed by atoms with E-state index >= 15 is 0 Å². The molecule has 32 heavy (non-hydrogen) atoms. The third-order valence-electron chi connectivity index (χ3n) is 6.58. The number of benzene rings is 1. The average Bonchev–Trinajstić information content (AvgIpc) is 3.17. The molecule has 2 aliphatic rings. The van der Waals surface area contributed by atoms with Crippen molar-refractivity contribution < 1.29 is 15.0 Å². The summed E-state index contributed by atoms with van der Waals surface area (Å²) < 4.78 is 28.8. The van der Waals surface area contributed by atoms with Crippen LogP contribution in [0.25, 0.3) is 10.9 Å². The summed E-state index contributed by atoms with van der Waals surface area (Å²) in [5.41, 5.74) is -0.348. The number of alkyl halides is 2. The molecule has 1 fully saturated rings. The average molecular weight is 464 g/mol. The molecule has 2 aromatic rings. The zero-order chi connectivity index (χ0) is 22.9. The molecule has 0 spiro atoms. The molecule has 3 atom stereocenters. The van der Waals surface area contributed by atoms with Crippen LogP contribution < -0.4 is 10.9 Å². The predicted octanol–water partition coefficient (Wildman–Crippen LogP) is 5.60. The van der Waals surface area contributed by atoms with Gasteiger partial charge >= 0.3 is 0 Å². The highest BCUT2D eigenvalue weighted by Crippen LogP contribution is 2.33. The molecule has 3 unspecified atom stereocenters. The Labute approximate surface area is 192 Å². The Hall–Kier alpha value is -2.22. The van der Waals surface area contributed by atoms with Crippen LogP contribution in [0.4, 0.5) is 8.78 Å². The second-order valence-electron chi connectivity index (χ2n) is 9.09. The quantitative estimate of drug-likeness (QED) is 0.605. The maximum atomic E-state index is 13.7. The van der Waals surface area contributed by atoms with Crippen molar-refractivity contribution in [3.05, 3.63) is 51.9 Å². The van der Waals surface area contributed by atoms with E-state index in [-0.39, 0.29) is 40.7 Å². The molecule has 1 N–H and O–H groups in total. The molecule has 1 aromatic carbocycles. The lowest BCUT2D eigenvalue weighted by molar-refractivity contribution is -0.125. The van der Waals surface area contributed by atoms with Crippen molar-refractivity contribution >= 4 is 28.6 Å². The van der Waals surface area contributed by atoms with Gasteiger partial charge in [0.1, 0.15) is 6.04 Å². The van der Waals surface area contributed by atoms with Gasteiger partial charge in [-0.25, -0.2) is 13.8 Å². The van der Waals surface area contributed by atoms with Crippen molar-refractivity contribution in [2.45, 2.75) is 69.7 Å². The SMILES string of the molecule is CC1C=CSC1NC(=O)C(CC1CCCCC1)n1cnc2cc(C(C)(F)F)ccc2c1=O.[HH]. The van der Waals surface area contributed by atoms with Crippen molar-refractivity contribution in [1.82, 2.24) is 14.9 Å². The van der Waals surface area contributed by atoms with E-state index in [1.54, 1.807) is 11.8 Å². The largest absolute Gasteiger partial charge is 0.342 e. The predicted molar refractivity (Wildman–Crippen MR) is 126 cm³/mol. The number of rotatable bonds is 6. The summed E-state index contributed by atoms with van der Waals surface area (Å²) in [6.07, 6.45) is 9.54. The van der Waals surface area contributed by atoms with E-state index in [4.69, 9.17) is 0 Å². The van der Waals surface area contributed by atoms with Gasteiger partial charge in [0, 0.05) is 19.8 Å². The number of hydrogen-bond donors (Lipinski definition) is 1. The summed E-state index contributed by atoms with van der Waals surface area (Å²) in [4.78, 5) is 31.0. The lowest BCUT2D eigenvalue weighted by atomic mass is 9.84. The highest BCUT2D eigenvalue weighted by molar-refractivity contribution is 8.03. The van der Waals surface area contributed by atoms with E-state index in [0.717, 1.165) is 32.6 Å². The fourth-order valence-corrected chi connectivity index (χ4v) is 5.63. The summed E-state index contributed by atoms with van der Waals surface area (Å²) in [5.74, 6) is -2.63. The van der Waals surface area contributed by atoms with E-state index < -0.39 is 12.0 Å². The fourth-order valence-electron chi connectivity index (χ4n) is 4.60. The molecule has 1 saturated carbocycles. The number of nitrogens with one attached hydrogen (secondary N) is 1. The van der Waals surface area contributed by atoms with Crippen LogP contribution in [0.3, 0.4) is 0 Å². The van der Waals surface area contributed by atoms with Gasteiger partial charge in [0.15, 0.2) is 0 Å². The van der Waals surface area contributed by atoms with E-state index in [1.165, 1.54) is 35.5 Å². The molecule has 1 aliphatic carbocycles. The lowest BCUT2D eigenvalue weighted by Crippen LogP contribution is -2.43. The van der Waals surface area contributed by atoms with Gasteiger partial charge in [0.05, 0.1) is 22.6 Å². The summed E-state index contributed by atoms with van der Waals surface area (Å²) in [6, 6.07) is 3.22. The van der Waals surface area contributed by atoms with Crippen molar-refractivity contribution in [3.63, 3.8) is 0 Å². The Morgan fingerprint density at radius 3 is 2.75 bits per heavy atom. The number of hydrogen-bond acceptors (Lipinski definition) is 4. The van der Waals surface area contributed by atoms with Crippen molar-refractivity contribution in [2.75, 3.05) is 0 Å². The highest BCUT2D eigenvalue weighted by atomic mass is 32.2. The van der Waals surface area contributed by atoms with E-state index in [0.29, 0.717) is 12.3 Å². The first-order valence-electron chi connectivity index (χ1n) is 11.3. The molecule has 0 bridgehead atoms. The van der Waals surface area contributed by atoms with Crippen LogP contribution in [0.15, 0.2) is 40.8 Å². The smallest absolute Gasteiger partial charge is 0.270 e. The van der Waals surface area contributed by atoms with Crippen LogP contribution in [0, 0.1) is 11.8 Å². The molecule has 1 aliphatic heterocycles. The molecular formula is C24H31F2N3O2S. The lowest BCUT2D eigenvalue weighted by Gasteiger charge is -2.28. The van der Waals surface area contributed by atoms with Crippen molar-refractivity contribution in [1.29, 1.82) is 0 Å². The first-order chi connectivity index (χ1) is 15.2. The summed E-state index contributed by atoms with van der Waals surface area (Å²) in [6.45, 7) is 2.86. The molecule has 5 nitrogen and oxygen atoms in total. The van der Waals surface area contributed by atoms with Gasteiger partial charge in [0.2, 0.25) is 5.91 Å². The first kappa shape index (κ1) is 23.0. The number of amides is 1. The molecular weight excluding hydrogens is 432 g/mol. The number of carbonyl (C=O) groups excluding carboxylic acids is 1. The number of fused-ring (bicyclic) bond motifs is 1. The third kappa shape index (κ3) is 4.90. The third-order valence-corrected chi connectivity index (χ3v) is 7.73. The normalized spacial score (nSPS) is 22.9. The minimum Gasteiger partial charge on any atom is -0.342 e. The fraction of sp³-hybridized carbons (Fsp3) is 0.542. The van der Waals surface area contributed by atoms with Crippen molar-refractivity contribution in [2.24, 2.45) is 11.8 Å². The second-order valence-corrected chi connectivity index (χ2v) is 10.1. The van der Waals surface area contributed by atoms with Crippen LogP contribution in [0.1, 0.15) is 65.4 Å². The second kappa shape index (κ2) is 9.33. The number of nitrogens with zero attached hydrogens (tertiary/aromatic N) is 2. The van der Waals surface area contributed by atoms with Gasteiger partial charge in [-0.05, 0) is 29.9 Å². The summed E-state index contributed by atoms with van der Waals surface area (Å²) >= 11 is 1.56. The maximum absolute atomic E-state index is 13.7. The Kier molecular flexibility index (Phi) is 6.70. The Morgan fingerprint density at radius 2 is 2.09 bits per heavy atom. The Morgan fingerprint density at radius 1 is 1.34 bits per heavy atom. The number of aromatic nitrogens is 2. The summed E-state index contributed by atoms with van der Waals surface area (Å²) in [7, 11) is 0. The van der Waals surface area contributed by atoms with E-state index in [1.807, 2.05) is 12.3 Å². The molecule has 1 aromatic heterocycles. The van der Waals surface area contributed by atoms with E-state index in [2.05, 4.69) is 16.4 Å². The zero-order valence-corrected chi connectivity index (χ0v) is 19.2. The molecule has 0 saturated heterocycles.